The SMILES string of the molecule is C[Si](C)(C)/C=C\CB1OCCNCCO1. The van der Waals surface area contributed by atoms with E-state index in [1.54, 1.807) is 0 Å². The summed E-state index contributed by atoms with van der Waals surface area (Å²) in [5.41, 5.74) is 2.34. The van der Waals surface area contributed by atoms with E-state index in [1.807, 2.05) is 0 Å². The molecule has 1 aliphatic rings. The lowest BCUT2D eigenvalue weighted by Crippen LogP contribution is -2.35. The van der Waals surface area contributed by atoms with E-state index in [9.17, 15) is 0 Å². The summed E-state index contributed by atoms with van der Waals surface area (Å²) in [6.45, 7) is 10.3. The van der Waals surface area contributed by atoms with E-state index in [1.165, 1.54) is 0 Å². The fraction of sp³-hybridized carbons (Fsp3) is 0.800. The van der Waals surface area contributed by atoms with Gasteiger partial charge in [-0.2, -0.15) is 0 Å². The van der Waals surface area contributed by atoms with Crippen molar-refractivity contribution in [2.75, 3.05) is 26.3 Å². The van der Waals surface area contributed by atoms with Crippen molar-refractivity contribution in [1.29, 1.82) is 0 Å². The number of hydrogen-bond donors (Lipinski definition) is 1. The number of hydrogen-bond acceptors (Lipinski definition) is 3. The zero-order valence-electron chi connectivity index (χ0n) is 10.1. The van der Waals surface area contributed by atoms with Crippen molar-refractivity contribution in [3.8, 4) is 0 Å². The minimum atomic E-state index is -1.07. The van der Waals surface area contributed by atoms with Gasteiger partial charge in [0.2, 0.25) is 0 Å². The van der Waals surface area contributed by atoms with Gasteiger partial charge in [-0.05, 0) is 6.32 Å². The monoisotopic (exact) mass is 227 g/mol. The Balaban J connectivity index is 2.26. The molecule has 0 aromatic heterocycles. The molecule has 1 heterocycles. The highest BCUT2D eigenvalue weighted by atomic mass is 28.3. The van der Waals surface area contributed by atoms with Gasteiger partial charge in [-0.3, -0.25) is 0 Å². The van der Waals surface area contributed by atoms with Crippen LogP contribution in [0.5, 0.6) is 0 Å². The third kappa shape index (κ3) is 6.89. The molecular weight excluding hydrogens is 205 g/mol. The lowest BCUT2D eigenvalue weighted by Gasteiger charge is -2.17. The fourth-order valence-corrected chi connectivity index (χ4v) is 2.21. The van der Waals surface area contributed by atoms with Gasteiger partial charge in [0.05, 0.1) is 8.07 Å². The van der Waals surface area contributed by atoms with E-state index >= 15 is 0 Å². The summed E-state index contributed by atoms with van der Waals surface area (Å²) in [4.78, 5) is 0. The smallest absolute Gasteiger partial charge is 0.410 e. The summed E-state index contributed by atoms with van der Waals surface area (Å²) in [5.74, 6) is 0. The fourth-order valence-electron chi connectivity index (χ4n) is 1.37. The normalized spacial score (nSPS) is 20.3. The molecule has 0 amide bonds. The first-order valence-electron chi connectivity index (χ1n) is 5.69. The standard InChI is InChI=1S/C10H22BNO2Si/c1-15(2,3)10-4-5-11-13-8-6-12-7-9-14-11/h4,10,12H,5-9H2,1-3H3/b10-4-. The second-order valence-corrected chi connectivity index (χ2v) is 9.99. The highest BCUT2D eigenvalue weighted by Gasteiger charge is 2.18. The molecule has 1 aliphatic heterocycles. The average molecular weight is 227 g/mol. The van der Waals surface area contributed by atoms with Gasteiger partial charge in [0.25, 0.3) is 0 Å². The van der Waals surface area contributed by atoms with E-state index in [-0.39, 0.29) is 7.12 Å². The maximum atomic E-state index is 5.58. The molecule has 0 saturated carbocycles. The lowest BCUT2D eigenvalue weighted by molar-refractivity contribution is 0.179. The van der Waals surface area contributed by atoms with Crippen LogP contribution in [0.3, 0.4) is 0 Å². The zero-order chi connectivity index (χ0) is 11.1. The van der Waals surface area contributed by atoms with Gasteiger partial charge >= 0.3 is 7.12 Å². The number of nitrogens with one attached hydrogen (secondary N) is 1. The van der Waals surface area contributed by atoms with Crippen molar-refractivity contribution in [2.24, 2.45) is 0 Å². The molecule has 3 nitrogen and oxygen atoms in total. The van der Waals surface area contributed by atoms with Crippen LogP contribution in [0.15, 0.2) is 11.8 Å². The maximum absolute atomic E-state index is 5.58. The molecule has 15 heavy (non-hydrogen) atoms. The van der Waals surface area contributed by atoms with E-state index in [4.69, 9.17) is 9.31 Å². The molecule has 0 aromatic carbocycles. The predicted octanol–water partition coefficient (Wildman–Crippen LogP) is 1.54. The van der Waals surface area contributed by atoms with Crippen LogP contribution in [-0.4, -0.2) is 41.5 Å². The summed E-state index contributed by atoms with van der Waals surface area (Å²) < 4.78 is 11.2. The second-order valence-electron chi connectivity index (χ2n) is 4.93. The third-order valence-electron chi connectivity index (χ3n) is 2.11. The Morgan fingerprint density at radius 2 is 1.80 bits per heavy atom. The van der Waals surface area contributed by atoms with Crippen LogP contribution in [0.2, 0.25) is 26.0 Å². The molecule has 0 atom stereocenters. The molecule has 1 rings (SSSR count). The summed E-state index contributed by atoms with van der Waals surface area (Å²) in [5, 5.41) is 3.23. The molecule has 0 aromatic rings. The van der Waals surface area contributed by atoms with E-state index in [2.05, 4.69) is 36.7 Å². The van der Waals surface area contributed by atoms with Crippen molar-refractivity contribution < 1.29 is 9.31 Å². The van der Waals surface area contributed by atoms with Crippen LogP contribution in [0, 0.1) is 0 Å². The Labute approximate surface area is 94.4 Å². The summed E-state index contributed by atoms with van der Waals surface area (Å²) in [6.07, 6.45) is 3.09. The molecular formula is C10H22BNO2Si. The second kappa shape index (κ2) is 6.48. The van der Waals surface area contributed by atoms with Gasteiger partial charge < -0.3 is 14.6 Å². The van der Waals surface area contributed by atoms with Crippen LogP contribution in [0.25, 0.3) is 0 Å². The average Bonchev–Trinajstić information content (AvgIpc) is 2.06. The summed E-state index contributed by atoms with van der Waals surface area (Å²) in [7, 11) is -1.11. The van der Waals surface area contributed by atoms with Crippen LogP contribution in [0.4, 0.5) is 0 Å². The van der Waals surface area contributed by atoms with E-state index < -0.39 is 8.07 Å². The summed E-state index contributed by atoms with van der Waals surface area (Å²) in [6, 6.07) is 0. The maximum Gasteiger partial charge on any atom is 0.460 e. The van der Waals surface area contributed by atoms with Crippen molar-refractivity contribution in [3.63, 3.8) is 0 Å². The first kappa shape index (κ1) is 13.0. The van der Waals surface area contributed by atoms with Crippen molar-refractivity contribution in [1.82, 2.24) is 5.32 Å². The summed E-state index contributed by atoms with van der Waals surface area (Å²) >= 11 is 0. The molecule has 5 heteroatoms. The van der Waals surface area contributed by atoms with Crippen LogP contribution in [0.1, 0.15) is 0 Å². The minimum absolute atomic E-state index is 0.0419. The zero-order valence-corrected chi connectivity index (χ0v) is 11.1. The first-order chi connectivity index (χ1) is 7.08. The van der Waals surface area contributed by atoms with Gasteiger partial charge in [-0.25, -0.2) is 0 Å². The molecule has 1 saturated heterocycles. The Bertz CT molecular complexity index is 198. The highest BCUT2D eigenvalue weighted by molar-refractivity contribution is 6.81. The predicted molar refractivity (Wildman–Crippen MR) is 67.8 cm³/mol. The number of rotatable bonds is 3. The Hall–Kier alpha value is -0.0982. The van der Waals surface area contributed by atoms with Crippen LogP contribution in [-0.2, 0) is 9.31 Å². The minimum Gasteiger partial charge on any atom is -0.410 e. The molecule has 0 radical (unpaired) electrons. The largest absolute Gasteiger partial charge is 0.460 e. The Morgan fingerprint density at radius 1 is 1.20 bits per heavy atom. The van der Waals surface area contributed by atoms with E-state index in [0.29, 0.717) is 0 Å². The first-order valence-corrected chi connectivity index (χ1v) is 9.27. The third-order valence-corrected chi connectivity index (χ3v) is 3.35. The van der Waals surface area contributed by atoms with Crippen molar-refractivity contribution >= 4 is 15.2 Å². The lowest BCUT2D eigenvalue weighted by atomic mass is 9.84. The van der Waals surface area contributed by atoms with E-state index in [0.717, 1.165) is 32.6 Å². The molecule has 1 N–H and O–H groups in total. The molecule has 0 bridgehead atoms. The van der Waals surface area contributed by atoms with Gasteiger partial charge in [0.1, 0.15) is 0 Å². The van der Waals surface area contributed by atoms with Crippen molar-refractivity contribution in [3.05, 3.63) is 11.8 Å². The molecule has 0 unspecified atom stereocenters. The van der Waals surface area contributed by atoms with Crippen LogP contribution < -0.4 is 5.32 Å². The highest BCUT2D eigenvalue weighted by Crippen LogP contribution is 2.06. The Kier molecular flexibility index (Phi) is 5.60. The van der Waals surface area contributed by atoms with Gasteiger partial charge in [-0.1, -0.05) is 31.4 Å². The number of allylic oxidation sites excluding steroid dienone is 1. The molecule has 86 valence electrons. The Morgan fingerprint density at radius 3 is 2.33 bits per heavy atom. The quantitative estimate of drug-likeness (QED) is 0.742. The van der Waals surface area contributed by atoms with Gasteiger partial charge in [-0.15, -0.1) is 0 Å². The molecule has 1 fully saturated rings. The van der Waals surface area contributed by atoms with Gasteiger partial charge in [0, 0.05) is 26.3 Å². The van der Waals surface area contributed by atoms with Crippen LogP contribution >= 0.6 is 0 Å². The van der Waals surface area contributed by atoms with Gasteiger partial charge in [0.15, 0.2) is 0 Å². The molecule has 0 spiro atoms. The van der Waals surface area contributed by atoms with Crippen molar-refractivity contribution in [2.45, 2.75) is 26.0 Å². The topological polar surface area (TPSA) is 30.5 Å². The molecule has 0 aliphatic carbocycles.